The van der Waals surface area contributed by atoms with Gasteiger partial charge < -0.3 is 9.72 Å². The molecule has 2 atom stereocenters. The number of aromatic amines is 1. The number of unbranched alkanes of at least 4 members (excludes halogenated alkanes) is 1. The van der Waals surface area contributed by atoms with Gasteiger partial charge in [-0.2, -0.15) is 0 Å². The number of ketones is 1. The molecule has 0 aliphatic rings. The van der Waals surface area contributed by atoms with Gasteiger partial charge in [0.2, 0.25) is 15.8 Å². The van der Waals surface area contributed by atoms with E-state index in [-0.39, 0.29) is 11.5 Å². The van der Waals surface area contributed by atoms with Crippen molar-refractivity contribution >= 4 is 32.7 Å². The third-order valence-corrected chi connectivity index (χ3v) is 5.82. The molecule has 8 heteroatoms. The van der Waals surface area contributed by atoms with E-state index < -0.39 is 28.1 Å². The number of hydrogen-bond donors (Lipinski definition) is 2. The minimum atomic E-state index is -3.56. The van der Waals surface area contributed by atoms with Crippen molar-refractivity contribution in [1.29, 1.82) is 0 Å². The zero-order chi connectivity index (χ0) is 20.2. The fourth-order valence-electron chi connectivity index (χ4n) is 2.84. The molecule has 27 heavy (non-hydrogen) atoms. The molecule has 7 nitrogen and oxygen atoms in total. The maximum Gasteiger partial charge on any atom is 0.324 e. The number of hydrogen-bond acceptors (Lipinski definition) is 5. The van der Waals surface area contributed by atoms with Crippen LogP contribution in [-0.2, 0) is 19.6 Å². The van der Waals surface area contributed by atoms with E-state index in [1.807, 2.05) is 31.2 Å². The first-order valence-electron chi connectivity index (χ1n) is 8.98. The number of Topliss-reactive ketones (excluding diaryl/α,β-unsaturated/α-hetero) is 1. The second-order valence-electron chi connectivity index (χ2n) is 6.63. The van der Waals surface area contributed by atoms with Crippen LogP contribution in [0.5, 0.6) is 0 Å². The van der Waals surface area contributed by atoms with Gasteiger partial charge in [0.1, 0.15) is 6.04 Å². The number of benzene rings is 1. The summed E-state index contributed by atoms with van der Waals surface area (Å²) in [5, 5.41) is 0.760. The van der Waals surface area contributed by atoms with Crippen LogP contribution in [0.15, 0.2) is 24.3 Å². The summed E-state index contributed by atoms with van der Waals surface area (Å²) in [7, 11) is -3.56. The number of carbonyl (C=O) groups excluding carboxylic acids is 2. The summed E-state index contributed by atoms with van der Waals surface area (Å²) in [6.07, 6.45) is 0.208. The molecule has 0 saturated heterocycles. The molecule has 1 aromatic heterocycles. The summed E-state index contributed by atoms with van der Waals surface area (Å²) < 4.78 is 31.3. The minimum absolute atomic E-state index is 0.0515. The Morgan fingerprint density at radius 3 is 2.56 bits per heavy atom. The number of aromatic nitrogens is 1. The zero-order valence-electron chi connectivity index (χ0n) is 16.0. The van der Waals surface area contributed by atoms with Gasteiger partial charge in [0.05, 0.1) is 5.75 Å². The Hall–Kier alpha value is -2.19. The molecular formula is C19H26N2O5S. The Morgan fingerprint density at radius 1 is 1.22 bits per heavy atom. The highest BCUT2D eigenvalue weighted by Crippen LogP contribution is 2.23. The largest absolute Gasteiger partial charge is 0.453 e. The van der Waals surface area contributed by atoms with Gasteiger partial charge >= 0.3 is 5.97 Å². The van der Waals surface area contributed by atoms with E-state index in [1.54, 1.807) is 6.92 Å². The number of fused-ring (bicyclic) bond motifs is 1. The van der Waals surface area contributed by atoms with E-state index in [9.17, 15) is 18.0 Å². The van der Waals surface area contributed by atoms with Gasteiger partial charge in [0.25, 0.3) is 0 Å². The Bertz CT molecular complexity index is 933. The molecule has 0 amide bonds. The molecule has 0 unspecified atom stereocenters. The van der Waals surface area contributed by atoms with E-state index in [0.717, 1.165) is 17.3 Å². The Kier molecular flexibility index (Phi) is 6.78. The van der Waals surface area contributed by atoms with E-state index >= 15 is 0 Å². The van der Waals surface area contributed by atoms with Crippen LogP contribution in [0.3, 0.4) is 0 Å². The fraction of sp³-hybridized carbons (Fsp3) is 0.474. The summed E-state index contributed by atoms with van der Waals surface area (Å²) in [5.41, 5.74) is 1.99. The number of esters is 1. The van der Waals surface area contributed by atoms with Gasteiger partial charge in [-0.1, -0.05) is 31.5 Å². The highest BCUT2D eigenvalue weighted by Gasteiger charge is 2.28. The zero-order valence-corrected chi connectivity index (χ0v) is 16.9. The van der Waals surface area contributed by atoms with Crippen molar-refractivity contribution in [3.05, 3.63) is 35.5 Å². The lowest BCUT2D eigenvalue weighted by molar-refractivity contribution is -0.147. The van der Waals surface area contributed by atoms with Gasteiger partial charge in [0, 0.05) is 22.2 Å². The summed E-state index contributed by atoms with van der Waals surface area (Å²) in [6, 6.07) is 6.32. The average molecular weight is 394 g/mol. The monoisotopic (exact) mass is 394 g/mol. The molecule has 0 aliphatic carbocycles. The van der Waals surface area contributed by atoms with E-state index in [0.29, 0.717) is 17.7 Å². The number of para-hydroxylation sites is 1. The van der Waals surface area contributed by atoms with Gasteiger partial charge in [-0.05, 0) is 33.3 Å². The quantitative estimate of drug-likeness (QED) is 0.502. The first-order chi connectivity index (χ1) is 12.7. The van der Waals surface area contributed by atoms with Crippen molar-refractivity contribution in [3.63, 3.8) is 0 Å². The smallest absolute Gasteiger partial charge is 0.324 e. The number of sulfonamides is 1. The molecule has 1 aromatic carbocycles. The van der Waals surface area contributed by atoms with Crippen LogP contribution in [0.2, 0.25) is 0 Å². The number of rotatable bonds is 9. The second-order valence-corrected chi connectivity index (χ2v) is 8.50. The van der Waals surface area contributed by atoms with Crippen molar-refractivity contribution in [2.75, 3.05) is 5.75 Å². The number of H-pyrrole nitrogens is 1. The minimum Gasteiger partial charge on any atom is -0.453 e. The molecule has 1 heterocycles. The lowest BCUT2D eigenvalue weighted by Crippen LogP contribution is -2.42. The molecule has 0 aliphatic heterocycles. The van der Waals surface area contributed by atoms with Gasteiger partial charge in [-0.3, -0.25) is 9.59 Å². The molecule has 0 bridgehead atoms. The molecule has 0 radical (unpaired) electrons. The van der Waals surface area contributed by atoms with Crippen molar-refractivity contribution in [3.8, 4) is 0 Å². The SMILES string of the molecule is CCCCS(=O)(=O)N[C@@H](C)C(=O)O[C@@H](C)C(=O)c1c(C)[nH]c2ccccc12. The third kappa shape index (κ3) is 5.17. The molecule has 0 spiro atoms. The summed E-state index contributed by atoms with van der Waals surface area (Å²) >= 11 is 0. The van der Waals surface area contributed by atoms with Gasteiger partial charge in [0.15, 0.2) is 6.10 Å². The van der Waals surface area contributed by atoms with Crippen LogP contribution >= 0.6 is 0 Å². The van der Waals surface area contributed by atoms with Crippen molar-refractivity contribution < 1.29 is 22.7 Å². The maximum atomic E-state index is 12.8. The molecule has 0 saturated carbocycles. The molecule has 2 N–H and O–H groups in total. The maximum absolute atomic E-state index is 12.8. The number of aryl methyl sites for hydroxylation is 1. The van der Waals surface area contributed by atoms with Crippen molar-refractivity contribution in [2.45, 2.75) is 52.7 Å². The van der Waals surface area contributed by atoms with Crippen LogP contribution < -0.4 is 4.72 Å². The first-order valence-corrected chi connectivity index (χ1v) is 10.6. The van der Waals surface area contributed by atoms with Crippen LogP contribution in [0, 0.1) is 6.92 Å². The normalized spacial score (nSPS) is 14.1. The number of ether oxygens (including phenoxy) is 1. The Labute approximate surface area is 159 Å². The fourth-order valence-corrected chi connectivity index (χ4v) is 4.26. The van der Waals surface area contributed by atoms with Crippen LogP contribution in [0.25, 0.3) is 10.9 Å². The van der Waals surface area contributed by atoms with E-state index in [2.05, 4.69) is 9.71 Å². The molecular weight excluding hydrogens is 368 g/mol. The predicted octanol–water partition coefficient (Wildman–Crippen LogP) is 2.70. The predicted molar refractivity (Wildman–Crippen MR) is 104 cm³/mol. The summed E-state index contributed by atoms with van der Waals surface area (Å²) in [6.45, 7) is 6.55. The second kappa shape index (κ2) is 8.67. The van der Waals surface area contributed by atoms with Gasteiger partial charge in [-0.15, -0.1) is 0 Å². The third-order valence-electron chi connectivity index (χ3n) is 4.28. The average Bonchev–Trinajstić information content (AvgIpc) is 2.94. The van der Waals surface area contributed by atoms with Crippen LogP contribution in [-0.4, -0.2) is 43.1 Å². The van der Waals surface area contributed by atoms with Crippen LogP contribution in [0.4, 0.5) is 0 Å². The van der Waals surface area contributed by atoms with E-state index in [4.69, 9.17) is 4.74 Å². The van der Waals surface area contributed by atoms with Crippen molar-refractivity contribution in [1.82, 2.24) is 9.71 Å². The van der Waals surface area contributed by atoms with Gasteiger partial charge in [-0.25, -0.2) is 13.1 Å². The van der Waals surface area contributed by atoms with Crippen molar-refractivity contribution in [2.24, 2.45) is 0 Å². The highest BCUT2D eigenvalue weighted by molar-refractivity contribution is 7.89. The lowest BCUT2D eigenvalue weighted by Gasteiger charge is -2.17. The summed E-state index contributed by atoms with van der Waals surface area (Å²) in [5.74, 6) is -1.17. The Morgan fingerprint density at radius 2 is 1.89 bits per heavy atom. The first kappa shape index (κ1) is 21.1. The number of nitrogens with one attached hydrogen (secondary N) is 2. The number of carbonyl (C=O) groups is 2. The summed E-state index contributed by atoms with van der Waals surface area (Å²) in [4.78, 5) is 28.1. The topological polar surface area (TPSA) is 105 Å². The van der Waals surface area contributed by atoms with E-state index in [1.165, 1.54) is 13.8 Å². The molecule has 148 valence electrons. The van der Waals surface area contributed by atoms with Crippen LogP contribution in [0.1, 0.15) is 49.7 Å². The molecule has 2 rings (SSSR count). The molecule has 0 fully saturated rings. The molecule has 2 aromatic rings. The standard InChI is InChI=1S/C19H26N2O5S/c1-5-6-11-27(24,25)21-13(3)19(23)26-14(4)18(22)17-12(2)20-16-10-8-7-9-15(16)17/h7-10,13-14,20-21H,5-6,11H2,1-4H3/t13-,14-/m0/s1. The highest BCUT2D eigenvalue weighted by atomic mass is 32.2. The lowest BCUT2D eigenvalue weighted by atomic mass is 10.0. The Balaban J connectivity index is 2.07.